The summed E-state index contributed by atoms with van der Waals surface area (Å²) in [5.74, 6) is -0.496. The fourth-order valence-corrected chi connectivity index (χ4v) is 1.86. The molecule has 16 heavy (non-hydrogen) atoms. The van der Waals surface area contributed by atoms with Gasteiger partial charge in [0, 0.05) is 10.0 Å². The summed E-state index contributed by atoms with van der Waals surface area (Å²) in [4.78, 5) is 0. The zero-order valence-corrected chi connectivity index (χ0v) is 9.75. The Labute approximate surface area is 101 Å². The van der Waals surface area contributed by atoms with Gasteiger partial charge in [-0.1, -0.05) is 40.2 Å². The average Bonchev–Trinajstić information content (AvgIpc) is 2.28. The van der Waals surface area contributed by atoms with E-state index in [-0.39, 0.29) is 5.56 Å². The van der Waals surface area contributed by atoms with Gasteiger partial charge in [-0.05, 0) is 23.8 Å². The van der Waals surface area contributed by atoms with Gasteiger partial charge in [-0.25, -0.2) is 4.39 Å². The lowest BCUT2D eigenvalue weighted by atomic mass is 10.0. The maximum absolute atomic E-state index is 13.4. The molecule has 2 aromatic rings. The Bertz CT molecular complexity index is 572. The maximum Gasteiger partial charge on any atom is 0.141 e. The molecule has 2 aromatic carbocycles. The second kappa shape index (κ2) is 4.46. The predicted molar refractivity (Wildman–Crippen MR) is 63.1 cm³/mol. The summed E-state index contributed by atoms with van der Waals surface area (Å²) in [6.07, 6.45) is 0. The molecule has 0 aliphatic rings. The number of benzene rings is 2. The van der Waals surface area contributed by atoms with E-state index in [2.05, 4.69) is 22.0 Å². The van der Waals surface area contributed by atoms with Crippen molar-refractivity contribution in [3.8, 4) is 17.2 Å². The van der Waals surface area contributed by atoms with E-state index in [0.717, 1.165) is 10.0 Å². The van der Waals surface area contributed by atoms with Gasteiger partial charge < -0.3 is 0 Å². The second-order valence-electron chi connectivity index (χ2n) is 3.20. The van der Waals surface area contributed by atoms with Crippen LogP contribution in [-0.4, -0.2) is 0 Å². The fraction of sp³-hybridized carbons (Fsp3) is 0. The van der Waals surface area contributed by atoms with Crippen molar-refractivity contribution in [2.45, 2.75) is 0 Å². The van der Waals surface area contributed by atoms with Crippen LogP contribution in [0.4, 0.5) is 4.39 Å². The molecule has 0 heterocycles. The van der Waals surface area contributed by atoms with E-state index in [1.807, 2.05) is 6.07 Å². The third kappa shape index (κ3) is 1.98. The Hall–Kier alpha value is -1.66. The van der Waals surface area contributed by atoms with E-state index >= 15 is 0 Å². The molecule has 3 heteroatoms. The standard InChI is InChI=1S/C13H6BrFN/c14-10-4-1-3-9(7-10)11-5-2-6-13(15)12(11)8-16/h1-3,5-7H. The summed E-state index contributed by atoms with van der Waals surface area (Å²) < 4.78 is 14.2. The highest BCUT2D eigenvalue weighted by Crippen LogP contribution is 2.27. The zero-order valence-electron chi connectivity index (χ0n) is 8.17. The summed E-state index contributed by atoms with van der Waals surface area (Å²) in [6, 6.07) is 14.7. The van der Waals surface area contributed by atoms with Gasteiger partial charge in [0.2, 0.25) is 0 Å². The highest BCUT2D eigenvalue weighted by molar-refractivity contribution is 9.10. The van der Waals surface area contributed by atoms with Gasteiger partial charge in [0.15, 0.2) is 0 Å². The predicted octanol–water partition coefficient (Wildman–Crippen LogP) is 3.93. The minimum atomic E-state index is -0.496. The number of halogens is 2. The Morgan fingerprint density at radius 3 is 2.81 bits per heavy atom. The van der Waals surface area contributed by atoms with Gasteiger partial charge in [-0.2, -0.15) is 5.26 Å². The van der Waals surface area contributed by atoms with Gasteiger partial charge in [-0.15, -0.1) is 0 Å². The quantitative estimate of drug-likeness (QED) is 0.773. The number of hydrogen-bond donors (Lipinski definition) is 0. The number of nitrogens with zero attached hydrogens (tertiary/aromatic N) is 1. The first-order valence-electron chi connectivity index (χ1n) is 4.58. The molecule has 0 aliphatic heterocycles. The molecule has 0 amide bonds. The summed E-state index contributed by atoms with van der Waals surface area (Å²) >= 11 is 3.29. The van der Waals surface area contributed by atoms with Crippen LogP contribution in [-0.2, 0) is 0 Å². The summed E-state index contributed by atoms with van der Waals surface area (Å²) in [5.41, 5.74) is 1.46. The second-order valence-corrected chi connectivity index (χ2v) is 4.05. The molecule has 0 fully saturated rings. The van der Waals surface area contributed by atoms with E-state index in [9.17, 15) is 4.39 Å². The third-order valence-corrected chi connectivity index (χ3v) is 2.66. The molecule has 0 bridgehead atoms. The molecule has 77 valence electrons. The topological polar surface area (TPSA) is 23.8 Å². The van der Waals surface area contributed by atoms with E-state index in [1.54, 1.807) is 30.3 Å². The van der Waals surface area contributed by atoms with Crippen molar-refractivity contribution in [2.75, 3.05) is 0 Å². The number of nitriles is 1. The Morgan fingerprint density at radius 2 is 2.12 bits per heavy atom. The molecule has 0 N–H and O–H groups in total. The average molecular weight is 275 g/mol. The first-order valence-corrected chi connectivity index (χ1v) is 5.38. The SMILES string of the molecule is N#Cc1c(F)cccc1-c1cc[c]c(Br)c1. The van der Waals surface area contributed by atoms with E-state index in [4.69, 9.17) is 5.26 Å². The smallest absolute Gasteiger partial charge is 0.141 e. The molecule has 0 aromatic heterocycles. The van der Waals surface area contributed by atoms with Crippen LogP contribution in [0.3, 0.4) is 0 Å². The lowest BCUT2D eigenvalue weighted by Gasteiger charge is -2.05. The monoisotopic (exact) mass is 274 g/mol. The largest absolute Gasteiger partial charge is 0.206 e. The molecule has 0 atom stereocenters. The lowest BCUT2D eigenvalue weighted by molar-refractivity contribution is 0.624. The third-order valence-electron chi connectivity index (χ3n) is 2.20. The van der Waals surface area contributed by atoms with Gasteiger partial charge in [-0.3, -0.25) is 0 Å². The summed E-state index contributed by atoms with van der Waals surface area (Å²) in [6.45, 7) is 0. The maximum atomic E-state index is 13.4. The van der Waals surface area contributed by atoms with E-state index in [1.165, 1.54) is 6.07 Å². The first kappa shape index (κ1) is 10.8. The molecule has 1 nitrogen and oxygen atoms in total. The lowest BCUT2D eigenvalue weighted by Crippen LogP contribution is -1.88. The van der Waals surface area contributed by atoms with Crippen molar-refractivity contribution >= 4 is 15.9 Å². The van der Waals surface area contributed by atoms with Crippen LogP contribution in [0.1, 0.15) is 5.56 Å². The summed E-state index contributed by atoms with van der Waals surface area (Å²) in [5, 5.41) is 8.92. The Kier molecular flexibility index (Phi) is 3.02. The van der Waals surface area contributed by atoms with Crippen LogP contribution in [0.25, 0.3) is 11.1 Å². The van der Waals surface area contributed by atoms with E-state index < -0.39 is 5.82 Å². The van der Waals surface area contributed by atoms with Crippen LogP contribution < -0.4 is 0 Å². The van der Waals surface area contributed by atoms with Crippen LogP contribution in [0.2, 0.25) is 0 Å². The fourth-order valence-electron chi connectivity index (χ4n) is 1.48. The number of hydrogen-bond acceptors (Lipinski definition) is 1. The van der Waals surface area contributed by atoms with Gasteiger partial charge in [0.1, 0.15) is 11.9 Å². The van der Waals surface area contributed by atoms with Crippen LogP contribution in [0.15, 0.2) is 40.9 Å². The van der Waals surface area contributed by atoms with Crippen LogP contribution in [0.5, 0.6) is 0 Å². The number of rotatable bonds is 1. The normalized spacial score (nSPS) is 9.81. The van der Waals surface area contributed by atoms with Crippen molar-refractivity contribution < 1.29 is 4.39 Å². The molecule has 0 saturated heterocycles. The molecule has 2 rings (SSSR count). The molecule has 1 radical (unpaired) electrons. The molecular weight excluding hydrogens is 269 g/mol. The highest BCUT2D eigenvalue weighted by Gasteiger charge is 2.09. The van der Waals surface area contributed by atoms with Gasteiger partial charge in [0.05, 0.1) is 5.56 Å². The Morgan fingerprint density at radius 1 is 1.31 bits per heavy atom. The van der Waals surface area contributed by atoms with Crippen molar-refractivity contribution in [3.05, 3.63) is 58.3 Å². The van der Waals surface area contributed by atoms with Crippen molar-refractivity contribution in [1.82, 2.24) is 0 Å². The van der Waals surface area contributed by atoms with Crippen molar-refractivity contribution in [1.29, 1.82) is 5.26 Å². The minimum Gasteiger partial charge on any atom is -0.206 e. The molecule has 0 unspecified atom stereocenters. The van der Waals surface area contributed by atoms with Crippen LogP contribution >= 0.6 is 15.9 Å². The van der Waals surface area contributed by atoms with Gasteiger partial charge >= 0.3 is 0 Å². The molecule has 0 saturated carbocycles. The van der Waals surface area contributed by atoms with Crippen molar-refractivity contribution in [3.63, 3.8) is 0 Å². The van der Waals surface area contributed by atoms with Crippen molar-refractivity contribution in [2.24, 2.45) is 0 Å². The Balaban J connectivity index is 2.66. The molecule has 0 aliphatic carbocycles. The highest BCUT2D eigenvalue weighted by atomic mass is 79.9. The summed E-state index contributed by atoms with van der Waals surface area (Å²) in [7, 11) is 0. The molecular formula is C13H6BrFN. The van der Waals surface area contributed by atoms with Gasteiger partial charge in [0.25, 0.3) is 0 Å². The zero-order chi connectivity index (χ0) is 11.5. The minimum absolute atomic E-state index is 0.0700. The van der Waals surface area contributed by atoms with Crippen LogP contribution in [0, 0.1) is 23.2 Å². The molecule has 0 spiro atoms. The van der Waals surface area contributed by atoms with E-state index in [0.29, 0.717) is 5.56 Å². The first-order chi connectivity index (χ1) is 7.72.